The third kappa shape index (κ3) is 5.64. The number of aromatic nitrogens is 1. The molecular formula is C27H35N3O4S2. The van der Waals surface area contributed by atoms with Gasteiger partial charge in [-0.25, -0.2) is 13.4 Å². The predicted molar refractivity (Wildman–Crippen MR) is 145 cm³/mol. The molecule has 0 radical (unpaired) electrons. The highest BCUT2D eigenvalue weighted by atomic mass is 32.2. The minimum Gasteiger partial charge on any atom is -0.376 e. The Balaban J connectivity index is 1.65. The van der Waals surface area contributed by atoms with Crippen LogP contribution in [0, 0.1) is 0 Å². The number of hydrogen-bond donors (Lipinski definition) is 0. The van der Waals surface area contributed by atoms with Crippen molar-refractivity contribution < 1.29 is 17.9 Å². The lowest BCUT2D eigenvalue weighted by Crippen LogP contribution is -2.37. The number of aryl methyl sites for hydroxylation is 1. The highest BCUT2D eigenvalue weighted by Crippen LogP contribution is 2.33. The van der Waals surface area contributed by atoms with E-state index in [4.69, 9.17) is 9.72 Å². The number of para-hydroxylation sites is 1. The van der Waals surface area contributed by atoms with Gasteiger partial charge in [0.15, 0.2) is 5.13 Å². The van der Waals surface area contributed by atoms with Crippen LogP contribution in [0.5, 0.6) is 0 Å². The fourth-order valence-corrected chi connectivity index (χ4v) is 7.21. The van der Waals surface area contributed by atoms with Crippen molar-refractivity contribution in [1.29, 1.82) is 0 Å². The van der Waals surface area contributed by atoms with E-state index < -0.39 is 10.0 Å². The third-order valence-corrected chi connectivity index (χ3v) is 9.40. The lowest BCUT2D eigenvalue weighted by atomic mass is 10.1. The summed E-state index contributed by atoms with van der Waals surface area (Å²) >= 11 is 1.50. The Morgan fingerprint density at radius 3 is 2.42 bits per heavy atom. The zero-order valence-corrected chi connectivity index (χ0v) is 22.9. The van der Waals surface area contributed by atoms with Crippen molar-refractivity contribution in [2.24, 2.45) is 0 Å². The molecule has 9 heteroatoms. The first-order chi connectivity index (χ1) is 17.4. The van der Waals surface area contributed by atoms with Gasteiger partial charge in [0.1, 0.15) is 0 Å². The van der Waals surface area contributed by atoms with Crippen molar-refractivity contribution in [3.8, 4) is 0 Å². The van der Waals surface area contributed by atoms with E-state index in [0.29, 0.717) is 36.9 Å². The van der Waals surface area contributed by atoms with Crippen LogP contribution in [0.15, 0.2) is 47.4 Å². The molecule has 194 valence electrons. The Bertz CT molecular complexity index is 1280. The molecule has 0 bridgehead atoms. The predicted octanol–water partition coefficient (Wildman–Crippen LogP) is 5.50. The van der Waals surface area contributed by atoms with Crippen molar-refractivity contribution in [2.75, 3.05) is 31.1 Å². The molecule has 7 nitrogen and oxygen atoms in total. The van der Waals surface area contributed by atoms with Gasteiger partial charge in [-0.1, -0.05) is 44.2 Å². The van der Waals surface area contributed by atoms with Crippen LogP contribution in [0.4, 0.5) is 5.13 Å². The number of sulfonamides is 1. The molecular weight excluding hydrogens is 494 g/mol. The molecule has 1 amide bonds. The number of carbonyl (C=O) groups is 1. The van der Waals surface area contributed by atoms with Crippen molar-refractivity contribution in [3.05, 3.63) is 53.6 Å². The van der Waals surface area contributed by atoms with Crippen molar-refractivity contribution in [2.45, 2.75) is 63.9 Å². The number of carbonyl (C=O) groups excluding carboxylic acids is 1. The largest absolute Gasteiger partial charge is 0.376 e. The van der Waals surface area contributed by atoms with Crippen molar-refractivity contribution in [1.82, 2.24) is 9.29 Å². The van der Waals surface area contributed by atoms with E-state index in [2.05, 4.69) is 13.0 Å². The van der Waals surface area contributed by atoms with E-state index in [1.807, 2.05) is 26.0 Å². The normalized spacial score (nSPS) is 16.2. The van der Waals surface area contributed by atoms with Gasteiger partial charge in [0.05, 0.1) is 27.8 Å². The number of rotatable bonds is 11. The molecule has 0 aliphatic carbocycles. The third-order valence-electron chi connectivity index (χ3n) is 6.44. The van der Waals surface area contributed by atoms with Crippen LogP contribution in [0.2, 0.25) is 0 Å². The Kier molecular flexibility index (Phi) is 8.77. The van der Waals surface area contributed by atoms with Crippen LogP contribution < -0.4 is 4.90 Å². The van der Waals surface area contributed by atoms with Gasteiger partial charge < -0.3 is 4.74 Å². The molecule has 0 N–H and O–H groups in total. The molecule has 3 aromatic rings. The minimum absolute atomic E-state index is 0.0390. The standard InChI is InChI=1S/C27H35N3O4S2/c1-4-16-29(17-5-2)36(32,33)23-14-12-21(13-15-23)26(31)30(19-22-10-8-18-34-22)27-28-25-20(6-3)9-7-11-24(25)35-27/h7,9,11-15,22H,4-6,8,10,16-19H2,1-3H3. The smallest absolute Gasteiger partial charge is 0.260 e. The Morgan fingerprint density at radius 2 is 1.81 bits per heavy atom. The molecule has 36 heavy (non-hydrogen) atoms. The molecule has 1 fully saturated rings. The molecule has 2 aromatic carbocycles. The molecule has 1 unspecified atom stereocenters. The van der Waals surface area contributed by atoms with Gasteiger partial charge in [-0.3, -0.25) is 9.69 Å². The van der Waals surface area contributed by atoms with Crippen LogP contribution >= 0.6 is 11.3 Å². The summed E-state index contributed by atoms with van der Waals surface area (Å²) < 4.78 is 34.7. The highest BCUT2D eigenvalue weighted by molar-refractivity contribution is 7.89. The topological polar surface area (TPSA) is 79.8 Å². The first-order valence-electron chi connectivity index (χ1n) is 12.8. The van der Waals surface area contributed by atoms with Gasteiger partial charge in [-0.2, -0.15) is 4.31 Å². The quantitative estimate of drug-likeness (QED) is 0.328. The van der Waals surface area contributed by atoms with Crippen LogP contribution in [0.25, 0.3) is 10.2 Å². The maximum absolute atomic E-state index is 13.7. The van der Waals surface area contributed by atoms with Crippen LogP contribution in [-0.4, -0.2) is 56.0 Å². The van der Waals surface area contributed by atoms with E-state index in [0.717, 1.165) is 47.9 Å². The number of fused-ring (bicyclic) bond motifs is 1. The van der Waals surface area contributed by atoms with Gasteiger partial charge in [-0.05, 0) is 68.0 Å². The number of thiazole rings is 1. The van der Waals surface area contributed by atoms with E-state index in [9.17, 15) is 13.2 Å². The average Bonchev–Trinajstić information content (AvgIpc) is 3.56. The van der Waals surface area contributed by atoms with Crippen LogP contribution in [-0.2, 0) is 21.2 Å². The number of anilines is 1. The zero-order valence-electron chi connectivity index (χ0n) is 21.3. The van der Waals surface area contributed by atoms with Gasteiger partial charge in [0.2, 0.25) is 10.0 Å². The van der Waals surface area contributed by atoms with Gasteiger partial charge in [0.25, 0.3) is 5.91 Å². The fourth-order valence-electron chi connectivity index (χ4n) is 4.56. The monoisotopic (exact) mass is 529 g/mol. The summed E-state index contributed by atoms with van der Waals surface area (Å²) in [6, 6.07) is 12.4. The van der Waals surface area contributed by atoms with Gasteiger partial charge in [-0.15, -0.1) is 0 Å². The van der Waals surface area contributed by atoms with E-state index in [1.54, 1.807) is 29.2 Å². The molecule has 1 aliphatic heterocycles. The molecule has 1 aliphatic rings. The molecule has 1 atom stereocenters. The van der Waals surface area contributed by atoms with E-state index in [1.165, 1.54) is 15.6 Å². The zero-order chi connectivity index (χ0) is 25.7. The summed E-state index contributed by atoms with van der Waals surface area (Å²) in [5, 5.41) is 0.639. The van der Waals surface area contributed by atoms with Crippen LogP contribution in [0.3, 0.4) is 0 Å². The first kappa shape index (κ1) is 26.7. The van der Waals surface area contributed by atoms with Crippen LogP contribution in [0.1, 0.15) is 62.4 Å². The summed E-state index contributed by atoms with van der Waals surface area (Å²) in [6.07, 6.45) is 4.19. The second-order valence-corrected chi connectivity index (χ2v) is 12.0. The van der Waals surface area contributed by atoms with Gasteiger partial charge in [0, 0.05) is 25.3 Å². The second kappa shape index (κ2) is 11.8. The second-order valence-electron chi connectivity index (χ2n) is 9.09. The van der Waals surface area contributed by atoms with E-state index in [-0.39, 0.29) is 16.9 Å². The summed E-state index contributed by atoms with van der Waals surface area (Å²) in [5.74, 6) is -0.203. The number of hydrogen-bond acceptors (Lipinski definition) is 6. The summed E-state index contributed by atoms with van der Waals surface area (Å²) in [6.45, 7) is 8.10. The van der Waals surface area contributed by atoms with Crippen molar-refractivity contribution in [3.63, 3.8) is 0 Å². The summed E-state index contributed by atoms with van der Waals surface area (Å²) in [5.41, 5.74) is 2.51. The summed E-state index contributed by atoms with van der Waals surface area (Å²) in [4.78, 5) is 20.5. The lowest BCUT2D eigenvalue weighted by Gasteiger charge is -2.24. The summed E-state index contributed by atoms with van der Waals surface area (Å²) in [7, 11) is -3.61. The fraction of sp³-hybridized carbons (Fsp3) is 0.481. The molecule has 4 rings (SSSR count). The molecule has 1 aromatic heterocycles. The molecule has 0 spiro atoms. The number of amides is 1. The van der Waals surface area contributed by atoms with Crippen molar-refractivity contribution >= 4 is 42.6 Å². The highest BCUT2D eigenvalue weighted by Gasteiger charge is 2.28. The number of nitrogens with zero attached hydrogens (tertiary/aromatic N) is 3. The number of ether oxygens (including phenoxy) is 1. The molecule has 0 saturated carbocycles. The first-order valence-corrected chi connectivity index (χ1v) is 15.1. The van der Waals surface area contributed by atoms with E-state index >= 15 is 0 Å². The Labute approximate surface area is 218 Å². The minimum atomic E-state index is -3.61. The number of benzene rings is 2. The lowest BCUT2D eigenvalue weighted by molar-refractivity contribution is 0.0917. The average molecular weight is 530 g/mol. The maximum atomic E-state index is 13.7. The SMILES string of the molecule is CCCN(CCC)S(=O)(=O)c1ccc(C(=O)N(CC2CCCO2)c2nc3c(CC)cccc3s2)cc1. The molecule has 2 heterocycles. The maximum Gasteiger partial charge on any atom is 0.260 e. The van der Waals surface area contributed by atoms with Gasteiger partial charge >= 0.3 is 0 Å². The Morgan fingerprint density at radius 1 is 1.08 bits per heavy atom. The Hall–Kier alpha value is -2.33. The molecule has 1 saturated heterocycles.